The maximum atomic E-state index is 13.1. The van der Waals surface area contributed by atoms with Crippen molar-refractivity contribution in [1.82, 2.24) is 15.5 Å². The molecule has 31 heavy (non-hydrogen) atoms. The van der Waals surface area contributed by atoms with Gasteiger partial charge in [0.25, 0.3) is 0 Å². The van der Waals surface area contributed by atoms with Gasteiger partial charge in [0.1, 0.15) is 18.1 Å². The molecule has 5 atom stereocenters. The Bertz CT molecular complexity index is 652. The van der Waals surface area contributed by atoms with Gasteiger partial charge in [-0.1, -0.05) is 27.7 Å². The second-order valence-electron chi connectivity index (χ2n) is 9.18. The van der Waals surface area contributed by atoms with Gasteiger partial charge in [-0.05, 0) is 44.4 Å². The molecule has 0 bridgehead atoms. The number of aliphatic carboxylic acids is 1. The fourth-order valence-electron chi connectivity index (χ4n) is 3.71. The van der Waals surface area contributed by atoms with Crippen LogP contribution in [0.5, 0.6) is 0 Å². The number of likely N-dealkylation sites (tertiary alicyclic amines) is 1. The van der Waals surface area contributed by atoms with Crippen LogP contribution in [0.25, 0.3) is 0 Å². The number of carboxylic acid groups (broad SMARTS) is 1. The number of carboxylic acids is 1. The molecule has 178 valence electrons. The molecule has 3 amide bonds. The second-order valence-corrected chi connectivity index (χ2v) is 9.18. The molecular weight excluding hydrogens is 404 g/mol. The molecule has 1 saturated heterocycles. The third-order valence-electron chi connectivity index (χ3n) is 5.27. The summed E-state index contributed by atoms with van der Waals surface area (Å²) in [6.45, 7) is 9.20. The smallest absolute Gasteiger partial charge is 0.326 e. The lowest BCUT2D eigenvalue weighted by Gasteiger charge is -2.31. The molecule has 0 radical (unpaired) electrons. The zero-order chi connectivity index (χ0) is 23.9. The van der Waals surface area contributed by atoms with Crippen LogP contribution in [0.15, 0.2) is 0 Å². The van der Waals surface area contributed by atoms with Crippen LogP contribution >= 0.6 is 0 Å². The number of hydrogen-bond acceptors (Lipinski definition) is 6. The van der Waals surface area contributed by atoms with Crippen LogP contribution in [0.3, 0.4) is 0 Å². The van der Waals surface area contributed by atoms with Crippen molar-refractivity contribution in [3.8, 4) is 0 Å². The topological polar surface area (TPSA) is 162 Å². The highest BCUT2D eigenvalue weighted by Gasteiger charge is 2.40. The van der Waals surface area contributed by atoms with Crippen LogP contribution in [-0.2, 0) is 19.2 Å². The van der Waals surface area contributed by atoms with Crippen LogP contribution in [0, 0.1) is 11.8 Å². The summed E-state index contributed by atoms with van der Waals surface area (Å²) in [4.78, 5) is 51.0. The standard InChI is InChI=1S/C21H38N4O6/c1-11(2)9-14(22)18(27)24-17(13(5)26)20(29)25-8-6-7-16(25)19(28)23-15(21(30)31)10-12(3)4/h11-17,26H,6-10,22H2,1-5H3,(H,23,28)(H,24,27)(H,30,31). The van der Waals surface area contributed by atoms with E-state index >= 15 is 0 Å². The van der Waals surface area contributed by atoms with Crippen LogP contribution in [0.4, 0.5) is 0 Å². The molecule has 0 saturated carbocycles. The minimum Gasteiger partial charge on any atom is -0.480 e. The van der Waals surface area contributed by atoms with Gasteiger partial charge >= 0.3 is 5.97 Å². The normalized spacial score (nSPS) is 20.3. The molecule has 1 aliphatic heterocycles. The summed E-state index contributed by atoms with van der Waals surface area (Å²) < 4.78 is 0. The van der Waals surface area contributed by atoms with E-state index in [1.54, 1.807) is 0 Å². The molecule has 5 unspecified atom stereocenters. The van der Waals surface area contributed by atoms with Gasteiger partial charge in [0.05, 0.1) is 12.1 Å². The Morgan fingerprint density at radius 1 is 1.03 bits per heavy atom. The average molecular weight is 443 g/mol. The summed E-state index contributed by atoms with van der Waals surface area (Å²) in [5, 5.41) is 24.5. The minimum atomic E-state index is -1.25. The summed E-state index contributed by atoms with van der Waals surface area (Å²) in [6.07, 6.45) is 0.424. The summed E-state index contributed by atoms with van der Waals surface area (Å²) in [6, 6.07) is -3.97. The number of amides is 3. The van der Waals surface area contributed by atoms with Gasteiger partial charge in [-0.2, -0.15) is 0 Å². The third-order valence-corrected chi connectivity index (χ3v) is 5.27. The predicted octanol–water partition coefficient (Wildman–Crippen LogP) is -0.168. The number of nitrogens with one attached hydrogen (secondary N) is 2. The van der Waals surface area contributed by atoms with Crippen LogP contribution in [0.1, 0.15) is 60.3 Å². The largest absolute Gasteiger partial charge is 0.480 e. The quantitative estimate of drug-likeness (QED) is 0.297. The molecular formula is C21H38N4O6. The maximum Gasteiger partial charge on any atom is 0.326 e. The Labute approximate surface area is 183 Å². The predicted molar refractivity (Wildman–Crippen MR) is 115 cm³/mol. The lowest BCUT2D eigenvalue weighted by Crippen LogP contribution is -2.59. The van der Waals surface area contributed by atoms with E-state index in [-0.39, 0.29) is 24.8 Å². The van der Waals surface area contributed by atoms with Gasteiger partial charge < -0.3 is 31.5 Å². The van der Waals surface area contributed by atoms with Crippen LogP contribution < -0.4 is 16.4 Å². The zero-order valence-electron chi connectivity index (χ0n) is 19.1. The van der Waals surface area contributed by atoms with Gasteiger partial charge in [0.2, 0.25) is 17.7 Å². The van der Waals surface area contributed by atoms with Crippen molar-refractivity contribution >= 4 is 23.7 Å². The van der Waals surface area contributed by atoms with Crippen molar-refractivity contribution in [3.05, 3.63) is 0 Å². The van der Waals surface area contributed by atoms with E-state index < -0.39 is 54.0 Å². The monoisotopic (exact) mass is 442 g/mol. The Hall–Kier alpha value is -2.20. The molecule has 0 aromatic carbocycles. The van der Waals surface area contributed by atoms with E-state index in [1.807, 2.05) is 27.7 Å². The molecule has 0 aromatic heterocycles. The van der Waals surface area contributed by atoms with Crippen molar-refractivity contribution < 1.29 is 29.4 Å². The third kappa shape index (κ3) is 8.10. The Morgan fingerprint density at radius 3 is 2.10 bits per heavy atom. The number of aliphatic hydroxyl groups is 1. The fraction of sp³-hybridized carbons (Fsp3) is 0.810. The molecule has 10 nitrogen and oxygen atoms in total. The number of carbonyl (C=O) groups excluding carboxylic acids is 3. The van der Waals surface area contributed by atoms with E-state index in [0.717, 1.165) is 0 Å². The average Bonchev–Trinajstić information content (AvgIpc) is 3.13. The minimum absolute atomic E-state index is 0.0626. The Morgan fingerprint density at radius 2 is 1.61 bits per heavy atom. The number of aliphatic hydroxyl groups excluding tert-OH is 1. The number of rotatable bonds is 11. The summed E-state index contributed by atoms with van der Waals surface area (Å²) >= 11 is 0. The molecule has 6 N–H and O–H groups in total. The van der Waals surface area contributed by atoms with Crippen molar-refractivity contribution in [3.63, 3.8) is 0 Å². The Balaban J connectivity index is 2.91. The molecule has 1 rings (SSSR count). The molecule has 1 fully saturated rings. The first-order valence-corrected chi connectivity index (χ1v) is 10.9. The van der Waals surface area contributed by atoms with Crippen molar-refractivity contribution in [2.24, 2.45) is 17.6 Å². The summed E-state index contributed by atoms with van der Waals surface area (Å²) in [5.41, 5.74) is 5.88. The highest BCUT2D eigenvalue weighted by molar-refractivity contribution is 5.94. The zero-order valence-corrected chi connectivity index (χ0v) is 19.1. The molecule has 1 aliphatic rings. The van der Waals surface area contributed by atoms with Crippen molar-refractivity contribution in [1.29, 1.82) is 0 Å². The van der Waals surface area contributed by atoms with E-state index in [4.69, 9.17) is 5.73 Å². The summed E-state index contributed by atoms with van der Waals surface area (Å²) in [5.74, 6) is -2.57. The highest BCUT2D eigenvalue weighted by atomic mass is 16.4. The first-order valence-electron chi connectivity index (χ1n) is 10.9. The van der Waals surface area contributed by atoms with Gasteiger partial charge in [0.15, 0.2) is 0 Å². The molecule has 0 spiro atoms. The second kappa shape index (κ2) is 12.0. The SMILES string of the molecule is CC(C)CC(N)C(=O)NC(C(=O)N1CCCC1C(=O)NC(CC(C)C)C(=O)O)C(C)O. The van der Waals surface area contributed by atoms with Gasteiger partial charge in [-0.3, -0.25) is 14.4 Å². The van der Waals surface area contributed by atoms with Gasteiger partial charge in [-0.25, -0.2) is 4.79 Å². The number of nitrogens with two attached hydrogens (primary N) is 1. The highest BCUT2D eigenvalue weighted by Crippen LogP contribution is 2.20. The van der Waals surface area contributed by atoms with E-state index in [2.05, 4.69) is 10.6 Å². The van der Waals surface area contributed by atoms with E-state index in [1.165, 1.54) is 11.8 Å². The van der Waals surface area contributed by atoms with Crippen LogP contribution in [-0.4, -0.2) is 75.6 Å². The first kappa shape index (κ1) is 26.8. The first-order chi connectivity index (χ1) is 14.3. The van der Waals surface area contributed by atoms with Crippen molar-refractivity contribution in [2.45, 2.75) is 90.6 Å². The fourth-order valence-corrected chi connectivity index (χ4v) is 3.71. The lowest BCUT2D eigenvalue weighted by molar-refractivity contribution is -0.146. The van der Waals surface area contributed by atoms with Crippen LogP contribution in [0.2, 0.25) is 0 Å². The molecule has 10 heteroatoms. The molecule has 1 heterocycles. The van der Waals surface area contributed by atoms with E-state index in [0.29, 0.717) is 19.3 Å². The number of carbonyl (C=O) groups is 4. The summed E-state index contributed by atoms with van der Waals surface area (Å²) in [7, 11) is 0. The number of hydrogen-bond donors (Lipinski definition) is 5. The maximum absolute atomic E-state index is 13.1. The van der Waals surface area contributed by atoms with Crippen molar-refractivity contribution in [2.75, 3.05) is 6.54 Å². The van der Waals surface area contributed by atoms with Gasteiger partial charge in [-0.15, -0.1) is 0 Å². The lowest BCUT2D eigenvalue weighted by atomic mass is 10.0. The van der Waals surface area contributed by atoms with E-state index in [9.17, 15) is 29.4 Å². The number of nitrogens with zero attached hydrogens (tertiary/aromatic N) is 1. The molecule has 0 aliphatic carbocycles. The Kier molecular flexibility index (Phi) is 10.4. The van der Waals surface area contributed by atoms with Gasteiger partial charge in [0, 0.05) is 6.54 Å². The molecule has 0 aromatic rings.